The van der Waals surface area contributed by atoms with E-state index in [1.165, 1.54) is 24.0 Å². The second-order valence-corrected chi connectivity index (χ2v) is 4.85. The van der Waals surface area contributed by atoms with E-state index in [0.29, 0.717) is 5.92 Å². The minimum atomic E-state index is 0.441. The van der Waals surface area contributed by atoms with E-state index in [2.05, 4.69) is 52.9 Å². The van der Waals surface area contributed by atoms with Crippen LogP contribution in [0.15, 0.2) is 41.1 Å². The van der Waals surface area contributed by atoms with E-state index in [9.17, 15) is 0 Å². The molecule has 0 aliphatic heterocycles. The normalized spacial score (nSPS) is 17.6. The predicted octanol–water partition coefficient (Wildman–Crippen LogP) is 3.83. The molecule has 0 saturated carbocycles. The molecule has 1 heterocycles. The Bertz CT molecular complexity index is 540. The summed E-state index contributed by atoms with van der Waals surface area (Å²) in [7, 11) is 0. The average molecular weight is 224 g/mol. The summed E-state index contributed by atoms with van der Waals surface area (Å²) in [6, 6.07) is 10.8. The first-order valence-corrected chi connectivity index (χ1v) is 6.49. The molecule has 78 valence electrons. The third-order valence-electron chi connectivity index (χ3n) is 3.04. The van der Waals surface area contributed by atoms with Gasteiger partial charge in [-0.25, -0.2) is 0 Å². The van der Waals surface area contributed by atoms with E-state index < -0.39 is 0 Å². The van der Waals surface area contributed by atoms with Crippen LogP contribution in [0, 0.1) is 11.8 Å². The zero-order chi connectivity index (χ0) is 10.8. The lowest BCUT2D eigenvalue weighted by molar-refractivity contribution is 0.836. The molecule has 0 saturated heterocycles. The van der Waals surface area contributed by atoms with Gasteiger partial charge in [0, 0.05) is 16.9 Å². The molecule has 0 amide bonds. The van der Waals surface area contributed by atoms with E-state index in [1.54, 1.807) is 11.3 Å². The van der Waals surface area contributed by atoms with Crippen molar-refractivity contribution in [3.63, 3.8) is 0 Å². The number of benzene rings is 1. The lowest BCUT2D eigenvalue weighted by Gasteiger charge is -2.01. The first-order valence-electron chi connectivity index (χ1n) is 5.55. The van der Waals surface area contributed by atoms with Crippen LogP contribution in [-0.4, -0.2) is 0 Å². The van der Waals surface area contributed by atoms with E-state index in [4.69, 9.17) is 0 Å². The fraction of sp³-hybridized carbons (Fsp3) is 0.200. The zero-order valence-corrected chi connectivity index (χ0v) is 9.76. The van der Waals surface area contributed by atoms with Crippen molar-refractivity contribution in [1.82, 2.24) is 0 Å². The van der Waals surface area contributed by atoms with E-state index in [1.807, 2.05) is 0 Å². The van der Waals surface area contributed by atoms with Crippen LogP contribution in [0.2, 0.25) is 0 Å². The number of fused-ring (bicyclic) bond motifs is 1. The average Bonchev–Trinajstić information content (AvgIpc) is 2.96. The molecule has 1 aliphatic rings. The van der Waals surface area contributed by atoms with Gasteiger partial charge in [-0.05, 0) is 35.4 Å². The molecule has 0 radical (unpaired) electrons. The van der Waals surface area contributed by atoms with Crippen LogP contribution < -0.4 is 0 Å². The maximum absolute atomic E-state index is 3.40. The van der Waals surface area contributed by atoms with Crippen LogP contribution in [0.3, 0.4) is 0 Å². The van der Waals surface area contributed by atoms with Crippen molar-refractivity contribution in [2.75, 3.05) is 0 Å². The maximum atomic E-state index is 3.40. The highest BCUT2D eigenvalue weighted by atomic mass is 32.1. The number of rotatable bonds is 0. The van der Waals surface area contributed by atoms with Crippen LogP contribution in [-0.2, 0) is 6.42 Å². The molecule has 0 nitrogen and oxygen atoms in total. The monoisotopic (exact) mass is 224 g/mol. The first-order chi connectivity index (χ1) is 7.93. The van der Waals surface area contributed by atoms with Gasteiger partial charge in [-0.3, -0.25) is 0 Å². The van der Waals surface area contributed by atoms with Crippen LogP contribution in [0.5, 0.6) is 0 Å². The third-order valence-corrected chi connectivity index (χ3v) is 3.73. The van der Waals surface area contributed by atoms with Crippen LogP contribution in [0.4, 0.5) is 0 Å². The van der Waals surface area contributed by atoms with Crippen molar-refractivity contribution < 1.29 is 0 Å². The third kappa shape index (κ3) is 1.77. The minimum absolute atomic E-state index is 0.441. The lowest BCUT2D eigenvalue weighted by Crippen LogP contribution is -1.88. The van der Waals surface area contributed by atoms with Crippen LogP contribution in [0.1, 0.15) is 29.0 Å². The maximum Gasteiger partial charge on any atom is 0.0461 e. The number of hydrogen-bond donors (Lipinski definition) is 0. The van der Waals surface area contributed by atoms with Crippen LogP contribution in [0.25, 0.3) is 0 Å². The van der Waals surface area contributed by atoms with Crippen molar-refractivity contribution in [3.05, 3.63) is 57.8 Å². The SMILES string of the molecule is C(#CC1CCc2ccccc21)c1ccsc1. The Morgan fingerprint density at radius 1 is 1.19 bits per heavy atom. The van der Waals surface area contributed by atoms with Crippen molar-refractivity contribution >= 4 is 11.3 Å². The van der Waals surface area contributed by atoms with Gasteiger partial charge >= 0.3 is 0 Å². The van der Waals surface area contributed by atoms with E-state index >= 15 is 0 Å². The fourth-order valence-corrected chi connectivity index (χ4v) is 2.80. The highest BCUT2D eigenvalue weighted by molar-refractivity contribution is 7.08. The highest BCUT2D eigenvalue weighted by Crippen LogP contribution is 2.32. The lowest BCUT2D eigenvalue weighted by atomic mass is 10.0. The van der Waals surface area contributed by atoms with Crippen molar-refractivity contribution in [3.8, 4) is 11.8 Å². The quantitative estimate of drug-likeness (QED) is 0.597. The van der Waals surface area contributed by atoms with Crippen molar-refractivity contribution in [2.45, 2.75) is 18.8 Å². The summed E-state index contributed by atoms with van der Waals surface area (Å²) in [6.45, 7) is 0. The molecule has 1 atom stereocenters. The second kappa shape index (κ2) is 4.15. The summed E-state index contributed by atoms with van der Waals surface area (Å²) < 4.78 is 0. The predicted molar refractivity (Wildman–Crippen MR) is 68.7 cm³/mol. The Labute approximate surface area is 99.9 Å². The van der Waals surface area contributed by atoms with Gasteiger partial charge in [0.05, 0.1) is 0 Å². The molecule has 16 heavy (non-hydrogen) atoms. The van der Waals surface area contributed by atoms with Gasteiger partial charge in [0.25, 0.3) is 0 Å². The molecule has 1 aromatic heterocycles. The molecule has 0 N–H and O–H groups in total. The summed E-state index contributed by atoms with van der Waals surface area (Å²) in [5.74, 6) is 7.11. The largest absolute Gasteiger partial charge is 0.151 e. The summed E-state index contributed by atoms with van der Waals surface area (Å²) in [4.78, 5) is 0. The van der Waals surface area contributed by atoms with Gasteiger partial charge in [-0.1, -0.05) is 36.1 Å². The van der Waals surface area contributed by atoms with Crippen molar-refractivity contribution in [2.24, 2.45) is 0 Å². The van der Waals surface area contributed by atoms with Gasteiger partial charge in [-0.2, -0.15) is 11.3 Å². The molecule has 3 rings (SSSR count). The number of thiophene rings is 1. The molecule has 1 unspecified atom stereocenters. The molecule has 1 heteroatoms. The van der Waals surface area contributed by atoms with Gasteiger partial charge in [-0.15, -0.1) is 0 Å². The molecule has 1 aliphatic carbocycles. The summed E-state index contributed by atoms with van der Waals surface area (Å²) in [6.07, 6.45) is 2.36. The second-order valence-electron chi connectivity index (χ2n) is 4.07. The topological polar surface area (TPSA) is 0 Å². The molecular formula is C15H12S. The minimum Gasteiger partial charge on any atom is -0.151 e. The fourth-order valence-electron chi connectivity index (χ4n) is 2.21. The zero-order valence-electron chi connectivity index (χ0n) is 8.94. The number of hydrogen-bond acceptors (Lipinski definition) is 1. The number of aryl methyl sites for hydroxylation is 1. The van der Waals surface area contributed by atoms with E-state index in [0.717, 1.165) is 5.56 Å². The molecule has 0 spiro atoms. The van der Waals surface area contributed by atoms with Crippen LogP contribution >= 0.6 is 11.3 Å². The Balaban J connectivity index is 1.89. The van der Waals surface area contributed by atoms with Gasteiger partial charge in [0.1, 0.15) is 0 Å². The Morgan fingerprint density at radius 2 is 2.12 bits per heavy atom. The smallest absolute Gasteiger partial charge is 0.0461 e. The Kier molecular flexibility index (Phi) is 2.52. The molecule has 0 fully saturated rings. The molecule has 1 aromatic carbocycles. The first kappa shape index (κ1) is 9.69. The highest BCUT2D eigenvalue weighted by Gasteiger charge is 2.19. The molecule has 2 aromatic rings. The Morgan fingerprint density at radius 3 is 3.00 bits per heavy atom. The molecule has 0 bridgehead atoms. The molecular weight excluding hydrogens is 212 g/mol. The standard InChI is InChI=1S/C15H12S/c1-2-4-15-13(3-1)7-8-14(15)6-5-12-9-10-16-11-12/h1-4,9-11,14H,7-8H2. The van der Waals surface area contributed by atoms with Gasteiger partial charge in [0.2, 0.25) is 0 Å². The summed E-state index contributed by atoms with van der Waals surface area (Å²) in [5, 5.41) is 4.18. The Hall–Kier alpha value is -1.52. The van der Waals surface area contributed by atoms with Gasteiger partial charge in [0.15, 0.2) is 0 Å². The van der Waals surface area contributed by atoms with Crippen molar-refractivity contribution in [1.29, 1.82) is 0 Å². The van der Waals surface area contributed by atoms with Gasteiger partial charge < -0.3 is 0 Å². The summed E-state index contributed by atoms with van der Waals surface area (Å²) in [5.41, 5.74) is 4.06. The summed E-state index contributed by atoms with van der Waals surface area (Å²) >= 11 is 1.71. The van der Waals surface area contributed by atoms with E-state index in [-0.39, 0.29) is 0 Å².